The Hall–Kier alpha value is -2.11. The van der Waals surface area contributed by atoms with E-state index in [0.29, 0.717) is 0 Å². The molecule has 1 amide bonds. The molecule has 0 radical (unpaired) electrons. The normalized spacial score (nSPS) is 10.7. The van der Waals surface area contributed by atoms with Crippen LogP contribution in [0, 0.1) is 0 Å². The van der Waals surface area contributed by atoms with Crippen LogP contribution in [0.4, 0.5) is 0 Å². The lowest BCUT2D eigenvalue weighted by Gasteiger charge is -2.30. The molecule has 0 atom stereocenters. The average molecular weight is 280 g/mol. The Labute approximate surface area is 118 Å². The summed E-state index contributed by atoms with van der Waals surface area (Å²) in [4.78, 5) is 28.4. The molecule has 1 aromatic rings. The molecule has 0 aliphatic carbocycles. The van der Waals surface area contributed by atoms with Gasteiger partial charge in [-0.25, -0.2) is 4.79 Å². The molecular weight excluding hydrogens is 260 g/mol. The number of hydrogen-bond donors (Lipinski definition) is 1. The van der Waals surface area contributed by atoms with Crippen molar-refractivity contribution in [3.63, 3.8) is 0 Å². The van der Waals surface area contributed by atoms with Crippen molar-refractivity contribution in [1.29, 1.82) is 0 Å². The Morgan fingerprint density at radius 1 is 1.25 bits per heavy atom. The van der Waals surface area contributed by atoms with Crippen LogP contribution >= 0.6 is 0 Å². The predicted molar refractivity (Wildman–Crippen MR) is 73.8 cm³/mol. The van der Waals surface area contributed by atoms with Crippen LogP contribution in [0.1, 0.15) is 38.1 Å². The van der Waals surface area contributed by atoms with E-state index in [1.807, 2.05) is 27.7 Å². The van der Waals surface area contributed by atoms with E-state index in [1.54, 1.807) is 4.90 Å². The molecule has 0 fully saturated rings. The van der Waals surface area contributed by atoms with Crippen LogP contribution in [0.5, 0.6) is 5.75 Å². The number of carbonyl (C=O) groups is 2. The van der Waals surface area contributed by atoms with Crippen molar-refractivity contribution in [2.24, 2.45) is 0 Å². The second-order valence-corrected chi connectivity index (χ2v) is 4.99. The van der Waals surface area contributed by atoms with Crippen molar-refractivity contribution in [3.8, 4) is 5.75 Å². The number of pyridine rings is 1. The highest BCUT2D eigenvalue weighted by molar-refractivity contribution is 5.87. The molecule has 0 saturated carbocycles. The molecule has 1 heterocycles. The van der Waals surface area contributed by atoms with Crippen LogP contribution in [0.25, 0.3) is 0 Å². The molecule has 0 aromatic carbocycles. The Morgan fingerprint density at radius 3 is 2.35 bits per heavy atom. The minimum absolute atomic E-state index is 0.0273. The number of nitrogens with zero attached hydrogens (tertiary/aromatic N) is 2. The van der Waals surface area contributed by atoms with E-state index in [9.17, 15) is 9.59 Å². The molecule has 0 spiro atoms. The predicted octanol–water partition coefficient (Wildman–Crippen LogP) is 1.80. The third kappa shape index (κ3) is 4.22. The van der Waals surface area contributed by atoms with Gasteiger partial charge in [0, 0.05) is 18.3 Å². The van der Waals surface area contributed by atoms with Crippen molar-refractivity contribution in [3.05, 3.63) is 24.0 Å². The lowest BCUT2D eigenvalue weighted by atomic mass is 10.2. The van der Waals surface area contributed by atoms with Crippen LogP contribution in [0.15, 0.2) is 18.5 Å². The number of hydrogen-bond acceptors (Lipinski definition) is 4. The van der Waals surface area contributed by atoms with Gasteiger partial charge in [0.05, 0.1) is 11.8 Å². The summed E-state index contributed by atoms with van der Waals surface area (Å²) < 4.78 is 5.32. The summed E-state index contributed by atoms with van der Waals surface area (Å²) in [5, 5.41) is 8.85. The number of amides is 1. The first-order chi connectivity index (χ1) is 9.32. The molecule has 110 valence electrons. The van der Waals surface area contributed by atoms with Crippen molar-refractivity contribution < 1.29 is 19.4 Å². The van der Waals surface area contributed by atoms with Gasteiger partial charge >= 0.3 is 5.97 Å². The summed E-state index contributed by atoms with van der Waals surface area (Å²) in [6, 6.07) is 1.50. The Balaban J connectivity index is 2.69. The molecule has 0 saturated heterocycles. The molecular formula is C14H20N2O4. The Morgan fingerprint density at radius 2 is 1.85 bits per heavy atom. The first-order valence-electron chi connectivity index (χ1n) is 6.45. The van der Waals surface area contributed by atoms with E-state index in [-0.39, 0.29) is 35.9 Å². The van der Waals surface area contributed by atoms with Crippen molar-refractivity contribution in [2.75, 3.05) is 6.61 Å². The van der Waals surface area contributed by atoms with E-state index in [4.69, 9.17) is 9.84 Å². The van der Waals surface area contributed by atoms with Gasteiger partial charge in [-0.1, -0.05) is 0 Å². The number of aromatic nitrogens is 1. The van der Waals surface area contributed by atoms with Crippen LogP contribution in [0.2, 0.25) is 0 Å². The first kappa shape index (κ1) is 15.9. The minimum atomic E-state index is -1.08. The lowest BCUT2D eigenvalue weighted by Crippen LogP contribution is -2.44. The Kier molecular flexibility index (Phi) is 5.49. The van der Waals surface area contributed by atoms with Gasteiger partial charge in [-0.2, -0.15) is 0 Å². The maximum Gasteiger partial charge on any atom is 0.337 e. The fourth-order valence-electron chi connectivity index (χ4n) is 2.01. The molecule has 0 aliphatic rings. The van der Waals surface area contributed by atoms with E-state index in [1.165, 1.54) is 18.5 Å². The number of aromatic carboxylic acids is 1. The number of ether oxygens (including phenoxy) is 1. The molecule has 0 aliphatic heterocycles. The van der Waals surface area contributed by atoms with Crippen LogP contribution in [-0.2, 0) is 4.79 Å². The number of rotatable bonds is 6. The second kappa shape index (κ2) is 6.88. The number of carboxylic acids is 1. The van der Waals surface area contributed by atoms with Crippen LogP contribution in [0.3, 0.4) is 0 Å². The highest BCUT2D eigenvalue weighted by Gasteiger charge is 2.20. The maximum absolute atomic E-state index is 12.1. The third-order valence-corrected chi connectivity index (χ3v) is 2.72. The third-order valence-electron chi connectivity index (χ3n) is 2.72. The summed E-state index contributed by atoms with van der Waals surface area (Å²) >= 11 is 0. The average Bonchev–Trinajstić information content (AvgIpc) is 2.35. The minimum Gasteiger partial charge on any atom is -0.482 e. The summed E-state index contributed by atoms with van der Waals surface area (Å²) in [6.07, 6.45) is 2.61. The fraction of sp³-hybridized carbons (Fsp3) is 0.500. The van der Waals surface area contributed by atoms with Crippen molar-refractivity contribution >= 4 is 11.9 Å². The number of carboxylic acid groups (broad SMARTS) is 1. The molecule has 0 unspecified atom stereocenters. The zero-order chi connectivity index (χ0) is 15.3. The van der Waals surface area contributed by atoms with Crippen molar-refractivity contribution in [2.45, 2.75) is 39.8 Å². The highest BCUT2D eigenvalue weighted by atomic mass is 16.5. The lowest BCUT2D eigenvalue weighted by molar-refractivity contribution is -0.136. The van der Waals surface area contributed by atoms with E-state index < -0.39 is 5.97 Å². The standard InChI is InChI=1S/C14H20N2O4/c1-9(2)16(10(3)4)13(17)8-20-12-5-11(14(18)19)6-15-7-12/h5-7,9-10H,8H2,1-4H3,(H,18,19). The molecule has 20 heavy (non-hydrogen) atoms. The van der Waals surface area contributed by atoms with Crippen LogP contribution < -0.4 is 4.74 Å². The maximum atomic E-state index is 12.1. The zero-order valence-electron chi connectivity index (χ0n) is 12.2. The van der Waals surface area contributed by atoms with Gasteiger partial charge < -0.3 is 14.7 Å². The van der Waals surface area contributed by atoms with Gasteiger partial charge in [0.25, 0.3) is 5.91 Å². The topological polar surface area (TPSA) is 79.7 Å². The van der Waals surface area contributed by atoms with Crippen LogP contribution in [-0.4, -0.2) is 45.6 Å². The molecule has 1 aromatic heterocycles. The highest BCUT2D eigenvalue weighted by Crippen LogP contribution is 2.12. The van der Waals surface area contributed by atoms with Gasteiger partial charge in [0.2, 0.25) is 0 Å². The zero-order valence-corrected chi connectivity index (χ0v) is 12.2. The van der Waals surface area contributed by atoms with E-state index >= 15 is 0 Å². The van der Waals surface area contributed by atoms with Gasteiger partial charge in [0.1, 0.15) is 5.75 Å². The SMILES string of the molecule is CC(C)N(C(=O)COc1cncc(C(=O)O)c1)C(C)C. The van der Waals surface area contributed by atoms with E-state index in [2.05, 4.69) is 4.98 Å². The smallest absolute Gasteiger partial charge is 0.337 e. The summed E-state index contributed by atoms with van der Waals surface area (Å²) in [7, 11) is 0. The summed E-state index contributed by atoms with van der Waals surface area (Å²) in [5.41, 5.74) is 0.0273. The molecule has 0 bridgehead atoms. The molecule has 1 rings (SSSR count). The van der Waals surface area contributed by atoms with Gasteiger partial charge in [0.15, 0.2) is 6.61 Å². The monoisotopic (exact) mass is 280 g/mol. The Bertz CT molecular complexity index is 478. The number of carbonyl (C=O) groups excluding carboxylic acids is 1. The molecule has 6 heteroatoms. The molecule has 1 N–H and O–H groups in total. The fourth-order valence-corrected chi connectivity index (χ4v) is 2.01. The first-order valence-corrected chi connectivity index (χ1v) is 6.45. The summed E-state index contributed by atoms with van der Waals surface area (Å²) in [6.45, 7) is 7.60. The van der Waals surface area contributed by atoms with Gasteiger partial charge in [-0.3, -0.25) is 9.78 Å². The van der Waals surface area contributed by atoms with E-state index in [0.717, 1.165) is 0 Å². The molecule has 6 nitrogen and oxygen atoms in total. The van der Waals surface area contributed by atoms with Crippen molar-refractivity contribution in [1.82, 2.24) is 9.88 Å². The van der Waals surface area contributed by atoms with Gasteiger partial charge in [-0.15, -0.1) is 0 Å². The quantitative estimate of drug-likeness (QED) is 0.859. The summed E-state index contributed by atoms with van der Waals surface area (Å²) in [5.74, 6) is -0.957. The second-order valence-electron chi connectivity index (χ2n) is 4.99. The van der Waals surface area contributed by atoms with Gasteiger partial charge in [-0.05, 0) is 33.8 Å². The largest absolute Gasteiger partial charge is 0.482 e.